The first-order valence-corrected chi connectivity index (χ1v) is 10.8. The molecule has 1 heterocycles. The van der Waals surface area contributed by atoms with Crippen LogP contribution in [0.25, 0.3) is 6.08 Å². The van der Waals surface area contributed by atoms with Crippen LogP contribution >= 0.6 is 0 Å². The van der Waals surface area contributed by atoms with Crippen LogP contribution in [0.15, 0.2) is 24.3 Å². The molecule has 1 aromatic carbocycles. The fourth-order valence-electron chi connectivity index (χ4n) is 2.92. The molecule has 27 heavy (non-hydrogen) atoms. The largest absolute Gasteiger partial charge is 0.493 e. The second-order valence-electron chi connectivity index (χ2n) is 6.88. The van der Waals surface area contributed by atoms with Gasteiger partial charge in [-0.2, -0.15) is 0 Å². The summed E-state index contributed by atoms with van der Waals surface area (Å²) in [5.74, 6) is 0.997. The van der Waals surface area contributed by atoms with Crippen LogP contribution in [-0.2, 0) is 14.8 Å². The van der Waals surface area contributed by atoms with E-state index in [0.29, 0.717) is 24.6 Å². The quantitative estimate of drug-likeness (QED) is 0.713. The Bertz CT molecular complexity index is 789. The predicted molar refractivity (Wildman–Crippen MR) is 105 cm³/mol. The molecule has 0 aromatic heterocycles. The van der Waals surface area contributed by atoms with Crippen molar-refractivity contribution in [1.82, 2.24) is 9.62 Å². The van der Waals surface area contributed by atoms with E-state index in [2.05, 4.69) is 5.32 Å². The Morgan fingerprint density at radius 2 is 2.07 bits per heavy atom. The van der Waals surface area contributed by atoms with Gasteiger partial charge >= 0.3 is 0 Å². The van der Waals surface area contributed by atoms with Crippen molar-refractivity contribution < 1.29 is 22.7 Å². The van der Waals surface area contributed by atoms with Crippen LogP contribution in [0.2, 0.25) is 0 Å². The van der Waals surface area contributed by atoms with Gasteiger partial charge in [0, 0.05) is 25.2 Å². The number of methoxy groups -OCH3 is 1. The van der Waals surface area contributed by atoms with Gasteiger partial charge < -0.3 is 14.8 Å². The van der Waals surface area contributed by atoms with E-state index in [0.717, 1.165) is 18.4 Å². The molecule has 8 heteroatoms. The number of benzene rings is 1. The number of hydrogen-bond acceptors (Lipinski definition) is 5. The van der Waals surface area contributed by atoms with Crippen molar-refractivity contribution in [2.75, 3.05) is 26.5 Å². The Labute approximate surface area is 161 Å². The van der Waals surface area contributed by atoms with Crippen molar-refractivity contribution in [2.45, 2.75) is 38.8 Å². The third-order valence-corrected chi connectivity index (χ3v) is 5.45. The molecule has 0 spiro atoms. The van der Waals surface area contributed by atoms with Crippen LogP contribution in [-0.4, -0.2) is 57.2 Å². The normalized spacial score (nSPS) is 18.6. The maximum Gasteiger partial charge on any atom is 0.244 e. The molecule has 0 radical (unpaired) electrons. The summed E-state index contributed by atoms with van der Waals surface area (Å²) in [6, 6.07) is 5.27. The number of sulfonamides is 1. The number of nitrogens with zero attached hydrogens (tertiary/aromatic N) is 1. The molecule has 1 aromatic rings. The minimum Gasteiger partial charge on any atom is -0.493 e. The molecule has 0 bridgehead atoms. The number of rotatable bonds is 7. The summed E-state index contributed by atoms with van der Waals surface area (Å²) in [5, 5.41) is 2.87. The minimum atomic E-state index is -3.23. The lowest BCUT2D eigenvalue weighted by atomic mass is 10.1. The van der Waals surface area contributed by atoms with Crippen molar-refractivity contribution in [2.24, 2.45) is 0 Å². The summed E-state index contributed by atoms with van der Waals surface area (Å²) in [6.45, 7) is 4.70. The highest BCUT2D eigenvalue weighted by Gasteiger charge is 2.26. The van der Waals surface area contributed by atoms with Crippen molar-refractivity contribution in [3.05, 3.63) is 29.8 Å². The Morgan fingerprint density at radius 3 is 2.70 bits per heavy atom. The molecule has 1 fully saturated rings. The van der Waals surface area contributed by atoms with E-state index in [9.17, 15) is 13.2 Å². The fraction of sp³-hybridized carbons (Fsp3) is 0.526. The van der Waals surface area contributed by atoms with Gasteiger partial charge in [0.2, 0.25) is 15.9 Å². The highest BCUT2D eigenvalue weighted by Crippen LogP contribution is 2.29. The van der Waals surface area contributed by atoms with Crippen LogP contribution < -0.4 is 14.8 Å². The molecule has 1 N–H and O–H groups in total. The molecule has 150 valence electrons. The molecule has 0 aliphatic carbocycles. The number of carbonyl (C=O) groups excluding carboxylic acids is 1. The second-order valence-corrected chi connectivity index (χ2v) is 8.86. The molecule has 1 unspecified atom stereocenters. The van der Waals surface area contributed by atoms with E-state index < -0.39 is 10.0 Å². The molecule has 1 atom stereocenters. The summed E-state index contributed by atoms with van der Waals surface area (Å²) in [4.78, 5) is 12.2. The zero-order valence-electron chi connectivity index (χ0n) is 16.3. The monoisotopic (exact) mass is 396 g/mol. The van der Waals surface area contributed by atoms with Gasteiger partial charge in [0.05, 0.1) is 19.5 Å². The minimum absolute atomic E-state index is 0.0352. The van der Waals surface area contributed by atoms with Gasteiger partial charge in [-0.1, -0.05) is 6.07 Å². The number of amides is 1. The van der Waals surface area contributed by atoms with Gasteiger partial charge in [0.15, 0.2) is 11.5 Å². The molecular formula is C19H28N2O5S. The van der Waals surface area contributed by atoms with E-state index in [1.54, 1.807) is 19.3 Å². The van der Waals surface area contributed by atoms with E-state index in [4.69, 9.17) is 9.47 Å². The molecule has 1 amide bonds. The summed E-state index contributed by atoms with van der Waals surface area (Å²) in [5.41, 5.74) is 0.805. The average Bonchev–Trinajstić information content (AvgIpc) is 2.60. The second kappa shape index (κ2) is 9.23. The summed E-state index contributed by atoms with van der Waals surface area (Å²) < 4.78 is 35.7. The Hall–Kier alpha value is -2.06. The third-order valence-electron chi connectivity index (χ3n) is 4.18. The molecule has 7 nitrogen and oxygen atoms in total. The van der Waals surface area contributed by atoms with Crippen molar-refractivity contribution in [3.63, 3.8) is 0 Å². The molecule has 1 aliphatic heterocycles. The molecule has 0 saturated carbocycles. The van der Waals surface area contributed by atoms with Gasteiger partial charge in [0.25, 0.3) is 0 Å². The van der Waals surface area contributed by atoms with Crippen LogP contribution in [0.5, 0.6) is 11.5 Å². The van der Waals surface area contributed by atoms with Crippen molar-refractivity contribution in [3.8, 4) is 11.5 Å². The standard InChI is InChI=1S/C19H28N2O5S/c1-14(2)26-17-9-7-15(12-18(17)25-3)8-10-19(22)20-16-6-5-11-21(13-16)27(4,23)24/h7-10,12,14,16H,5-6,11,13H2,1-4H3,(H,20,22)/b10-8+. The van der Waals surface area contributed by atoms with Crippen LogP contribution in [0, 0.1) is 0 Å². The lowest BCUT2D eigenvalue weighted by Gasteiger charge is -2.31. The topological polar surface area (TPSA) is 84.9 Å². The highest BCUT2D eigenvalue weighted by atomic mass is 32.2. The number of carbonyl (C=O) groups is 1. The fourth-order valence-corrected chi connectivity index (χ4v) is 3.83. The zero-order valence-corrected chi connectivity index (χ0v) is 17.1. The smallest absolute Gasteiger partial charge is 0.244 e. The number of ether oxygens (including phenoxy) is 2. The lowest BCUT2D eigenvalue weighted by Crippen LogP contribution is -2.48. The maximum atomic E-state index is 12.2. The van der Waals surface area contributed by atoms with Gasteiger partial charge in [-0.25, -0.2) is 12.7 Å². The average molecular weight is 397 g/mol. The van der Waals surface area contributed by atoms with E-state index >= 15 is 0 Å². The SMILES string of the molecule is COc1cc(/C=C/C(=O)NC2CCCN(S(C)(=O)=O)C2)ccc1OC(C)C. The predicted octanol–water partition coefficient (Wildman–Crippen LogP) is 2.04. The molecule has 2 rings (SSSR count). The van der Waals surface area contributed by atoms with Crippen LogP contribution in [0.4, 0.5) is 0 Å². The summed E-state index contributed by atoms with van der Waals surface area (Å²) in [7, 11) is -1.66. The van der Waals surface area contributed by atoms with Crippen molar-refractivity contribution in [1.29, 1.82) is 0 Å². The third kappa shape index (κ3) is 6.55. The number of hydrogen-bond donors (Lipinski definition) is 1. The Morgan fingerprint density at radius 1 is 1.33 bits per heavy atom. The van der Waals surface area contributed by atoms with Gasteiger partial charge in [0.1, 0.15) is 0 Å². The number of nitrogens with one attached hydrogen (secondary N) is 1. The highest BCUT2D eigenvalue weighted by molar-refractivity contribution is 7.88. The first-order chi connectivity index (χ1) is 12.7. The molecule has 1 aliphatic rings. The van der Waals surface area contributed by atoms with E-state index in [1.807, 2.05) is 26.0 Å². The van der Waals surface area contributed by atoms with Gasteiger partial charge in [-0.15, -0.1) is 0 Å². The maximum absolute atomic E-state index is 12.2. The van der Waals surface area contributed by atoms with E-state index in [1.165, 1.54) is 16.6 Å². The molecule has 1 saturated heterocycles. The Kier molecular flexibility index (Phi) is 7.26. The van der Waals surface area contributed by atoms with Crippen LogP contribution in [0.1, 0.15) is 32.3 Å². The first kappa shape index (κ1) is 21.2. The lowest BCUT2D eigenvalue weighted by molar-refractivity contribution is -0.117. The van der Waals surface area contributed by atoms with Gasteiger partial charge in [-0.3, -0.25) is 4.79 Å². The summed E-state index contributed by atoms with van der Waals surface area (Å²) in [6.07, 6.45) is 5.85. The first-order valence-electron chi connectivity index (χ1n) is 8.97. The van der Waals surface area contributed by atoms with Gasteiger partial charge in [-0.05, 0) is 50.5 Å². The molecular weight excluding hydrogens is 368 g/mol. The number of piperidine rings is 1. The zero-order chi connectivity index (χ0) is 20.0. The Balaban J connectivity index is 1.98. The summed E-state index contributed by atoms with van der Waals surface area (Å²) >= 11 is 0. The van der Waals surface area contributed by atoms with E-state index in [-0.39, 0.29) is 18.1 Å². The van der Waals surface area contributed by atoms with Crippen molar-refractivity contribution >= 4 is 22.0 Å². The van der Waals surface area contributed by atoms with Crippen LogP contribution in [0.3, 0.4) is 0 Å².